The average Bonchev–Trinajstić information content (AvgIpc) is 2.88. The van der Waals surface area contributed by atoms with Gasteiger partial charge in [-0.1, -0.05) is 55.1 Å². The molecule has 2 aliphatic rings. The summed E-state index contributed by atoms with van der Waals surface area (Å²) in [6, 6.07) is 10.6. The maximum atomic E-state index is 15.0. The number of benzene rings is 2. The Kier molecular flexibility index (Phi) is 8.27. The van der Waals surface area contributed by atoms with Crippen molar-refractivity contribution in [2.45, 2.75) is 63.9 Å². The summed E-state index contributed by atoms with van der Waals surface area (Å²) < 4.78 is 63.8. The summed E-state index contributed by atoms with van der Waals surface area (Å²) in [5.74, 6) is -2.82. The zero-order valence-electron chi connectivity index (χ0n) is 20.1. The topological polar surface area (TPSA) is 9.23 Å². The van der Waals surface area contributed by atoms with E-state index in [1.54, 1.807) is 43.3 Å². The van der Waals surface area contributed by atoms with Gasteiger partial charge in [-0.15, -0.1) is 0 Å². The van der Waals surface area contributed by atoms with Gasteiger partial charge in [0.1, 0.15) is 6.10 Å². The quantitative estimate of drug-likeness (QED) is 0.339. The summed E-state index contributed by atoms with van der Waals surface area (Å²) in [5, 5.41) is 0. The van der Waals surface area contributed by atoms with Crippen LogP contribution in [0, 0.1) is 17.6 Å². The monoisotopic (exact) mass is 484 g/mol. The Balaban J connectivity index is 1.35. The molecule has 35 heavy (non-hydrogen) atoms. The van der Waals surface area contributed by atoms with Crippen molar-refractivity contribution in [3.05, 3.63) is 89.0 Å². The smallest absolute Gasteiger partial charge is 0.166 e. The number of hydrogen-bond acceptors (Lipinski definition) is 1. The van der Waals surface area contributed by atoms with Crippen molar-refractivity contribution >= 4 is 6.08 Å². The molecule has 186 valence electrons. The summed E-state index contributed by atoms with van der Waals surface area (Å²) >= 11 is 0. The van der Waals surface area contributed by atoms with Gasteiger partial charge in [-0.05, 0) is 86.0 Å². The van der Waals surface area contributed by atoms with Crippen molar-refractivity contribution in [2.24, 2.45) is 5.92 Å². The average molecular weight is 485 g/mol. The molecule has 0 bridgehead atoms. The summed E-state index contributed by atoms with van der Waals surface area (Å²) in [6.45, 7) is 5.81. The van der Waals surface area contributed by atoms with Gasteiger partial charge in [-0.3, -0.25) is 0 Å². The van der Waals surface area contributed by atoms with E-state index in [0.717, 1.165) is 37.7 Å². The van der Waals surface area contributed by atoms with Gasteiger partial charge in [-0.25, -0.2) is 17.6 Å². The van der Waals surface area contributed by atoms with Crippen LogP contribution in [0.25, 0.3) is 17.2 Å². The van der Waals surface area contributed by atoms with E-state index in [1.807, 2.05) is 12.1 Å². The number of rotatable bonds is 8. The molecule has 0 aromatic heterocycles. The molecule has 2 aliphatic carbocycles. The Morgan fingerprint density at radius 3 is 2.31 bits per heavy atom. The van der Waals surface area contributed by atoms with E-state index in [0.29, 0.717) is 42.1 Å². The highest BCUT2D eigenvalue weighted by Gasteiger charge is 2.29. The maximum Gasteiger partial charge on any atom is 0.166 e. The van der Waals surface area contributed by atoms with Crippen LogP contribution in [-0.4, -0.2) is 12.7 Å². The van der Waals surface area contributed by atoms with Crippen molar-refractivity contribution in [1.82, 2.24) is 0 Å². The highest BCUT2D eigenvalue weighted by atomic mass is 19.2. The first-order valence-electron chi connectivity index (χ1n) is 12.5. The molecule has 0 radical (unpaired) electrons. The molecule has 0 spiro atoms. The Labute approximate surface area is 205 Å². The molecule has 1 saturated carbocycles. The lowest BCUT2D eigenvalue weighted by Crippen LogP contribution is -2.18. The lowest BCUT2D eigenvalue weighted by Gasteiger charge is -2.30. The highest BCUT2D eigenvalue weighted by molar-refractivity contribution is 5.66. The second-order valence-electron chi connectivity index (χ2n) is 9.48. The van der Waals surface area contributed by atoms with Gasteiger partial charge < -0.3 is 4.74 Å². The molecule has 2 aromatic carbocycles. The van der Waals surface area contributed by atoms with E-state index in [4.69, 9.17) is 4.74 Å². The van der Waals surface area contributed by atoms with Crippen LogP contribution in [-0.2, 0) is 4.74 Å². The summed E-state index contributed by atoms with van der Waals surface area (Å²) in [4.78, 5) is 0. The summed E-state index contributed by atoms with van der Waals surface area (Å²) in [7, 11) is 0. The molecule has 1 atom stereocenters. The second kappa shape index (κ2) is 11.4. The van der Waals surface area contributed by atoms with Gasteiger partial charge in [0, 0.05) is 12.2 Å². The Hall–Kier alpha value is -2.66. The Bertz CT molecular complexity index is 1110. The normalized spacial score (nSPS) is 22.8. The van der Waals surface area contributed by atoms with Gasteiger partial charge in [0.25, 0.3) is 0 Å². The van der Waals surface area contributed by atoms with Gasteiger partial charge >= 0.3 is 0 Å². The number of allylic oxidation sites excluding steroid dienone is 2. The summed E-state index contributed by atoms with van der Waals surface area (Å²) in [6.07, 6.45) is 7.47. The molecule has 1 fully saturated rings. The predicted octanol–water partition coefficient (Wildman–Crippen LogP) is 9.21. The predicted molar refractivity (Wildman–Crippen MR) is 133 cm³/mol. The van der Waals surface area contributed by atoms with Crippen molar-refractivity contribution in [2.75, 3.05) is 6.61 Å². The second-order valence-corrected chi connectivity index (χ2v) is 9.48. The van der Waals surface area contributed by atoms with E-state index < -0.39 is 29.4 Å². The van der Waals surface area contributed by atoms with Crippen LogP contribution in [0.4, 0.5) is 17.6 Å². The lowest BCUT2D eigenvalue weighted by molar-refractivity contribution is 0.0698. The zero-order chi connectivity index (χ0) is 24.9. The summed E-state index contributed by atoms with van der Waals surface area (Å²) in [5.41, 5.74) is 2.65. The third-order valence-electron chi connectivity index (χ3n) is 7.40. The molecule has 0 amide bonds. The minimum atomic E-state index is -0.813. The minimum Gasteiger partial charge on any atom is -0.371 e. The standard InChI is InChI=1S/C30H32F4O/c1-3-19-5-10-21(11-6-19)24-16-17-25(29(33)28(24)32)22-12-7-20(8-13-22)9-14-23-15-18-26(35-4-2)30(34)27(23)31/h3,5-6,10-11,15-17,20,22,26H,1,4,7-9,12-14,18H2,2H3. The van der Waals surface area contributed by atoms with Gasteiger partial charge in [0.05, 0.1) is 0 Å². The first kappa shape index (κ1) is 25.4. The van der Waals surface area contributed by atoms with Crippen LogP contribution >= 0.6 is 0 Å². The Morgan fingerprint density at radius 1 is 0.943 bits per heavy atom. The molecule has 5 heteroatoms. The van der Waals surface area contributed by atoms with Crippen LogP contribution in [0.5, 0.6) is 0 Å². The van der Waals surface area contributed by atoms with E-state index in [-0.39, 0.29) is 11.5 Å². The molecule has 0 heterocycles. The first-order valence-corrected chi connectivity index (χ1v) is 12.5. The molecular formula is C30H32F4O. The number of hydrogen-bond donors (Lipinski definition) is 0. The van der Waals surface area contributed by atoms with Gasteiger partial charge in [0.2, 0.25) is 0 Å². The van der Waals surface area contributed by atoms with Crippen molar-refractivity contribution in [1.29, 1.82) is 0 Å². The third kappa shape index (κ3) is 5.61. The molecule has 1 nitrogen and oxygen atoms in total. The van der Waals surface area contributed by atoms with Crippen molar-refractivity contribution < 1.29 is 22.3 Å². The minimum absolute atomic E-state index is 0.0344. The van der Waals surface area contributed by atoms with Crippen LogP contribution in [0.15, 0.2) is 66.3 Å². The highest BCUT2D eigenvalue weighted by Crippen LogP contribution is 2.41. The lowest BCUT2D eigenvalue weighted by atomic mass is 9.76. The van der Waals surface area contributed by atoms with Crippen LogP contribution < -0.4 is 0 Å². The van der Waals surface area contributed by atoms with E-state index in [1.165, 1.54) is 0 Å². The van der Waals surface area contributed by atoms with E-state index >= 15 is 4.39 Å². The van der Waals surface area contributed by atoms with Crippen LogP contribution in [0.2, 0.25) is 0 Å². The van der Waals surface area contributed by atoms with Crippen LogP contribution in [0.3, 0.4) is 0 Å². The van der Waals surface area contributed by atoms with E-state index in [2.05, 4.69) is 6.58 Å². The fourth-order valence-corrected chi connectivity index (χ4v) is 5.31. The van der Waals surface area contributed by atoms with Crippen LogP contribution in [0.1, 0.15) is 68.9 Å². The van der Waals surface area contributed by atoms with E-state index in [9.17, 15) is 13.2 Å². The van der Waals surface area contributed by atoms with Gasteiger partial charge in [-0.2, -0.15) is 0 Å². The largest absolute Gasteiger partial charge is 0.371 e. The molecular weight excluding hydrogens is 452 g/mol. The number of halogens is 4. The zero-order valence-corrected chi connectivity index (χ0v) is 20.1. The maximum absolute atomic E-state index is 15.0. The SMILES string of the molecule is C=Cc1ccc(-c2ccc(C3CCC(CCC4=CCC(OCC)C(F)=C4F)CC3)c(F)c2F)cc1. The fourth-order valence-electron chi connectivity index (χ4n) is 5.31. The first-order chi connectivity index (χ1) is 16.9. The molecule has 0 N–H and O–H groups in total. The Morgan fingerprint density at radius 2 is 1.66 bits per heavy atom. The molecule has 1 unspecified atom stereocenters. The van der Waals surface area contributed by atoms with Gasteiger partial charge in [0.15, 0.2) is 23.3 Å². The molecule has 4 rings (SSSR count). The van der Waals surface area contributed by atoms with Crippen molar-refractivity contribution in [3.63, 3.8) is 0 Å². The number of ether oxygens (including phenoxy) is 1. The molecule has 0 aliphatic heterocycles. The fraction of sp³-hybridized carbons (Fsp3) is 0.400. The molecule has 2 aromatic rings. The molecule has 0 saturated heterocycles. The third-order valence-corrected chi connectivity index (χ3v) is 7.40. The van der Waals surface area contributed by atoms with Crippen molar-refractivity contribution in [3.8, 4) is 11.1 Å².